The van der Waals surface area contributed by atoms with Gasteiger partial charge in [0.05, 0.1) is 17.9 Å². The number of halogens is 2. The molecular formula is C27H29Cl2NO4. The van der Waals surface area contributed by atoms with Crippen molar-refractivity contribution in [2.45, 2.75) is 39.2 Å². The Balaban J connectivity index is 1.69. The van der Waals surface area contributed by atoms with Crippen LogP contribution in [0.3, 0.4) is 0 Å². The molecule has 2 aliphatic heterocycles. The van der Waals surface area contributed by atoms with Gasteiger partial charge in [0.25, 0.3) is 5.91 Å². The van der Waals surface area contributed by atoms with Gasteiger partial charge in [-0.05, 0) is 82.5 Å². The summed E-state index contributed by atoms with van der Waals surface area (Å²) in [6, 6.07) is 10.8. The van der Waals surface area contributed by atoms with E-state index >= 15 is 0 Å². The van der Waals surface area contributed by atoms with Crippen molar-refractivity contribution in [3.63, 3.8) is 0 Å². The maximum Gasteiger partial charge on any atom is 0.265 e. The van der Waals surface area contributed by atoms with Crippen molar-refractivity contribution < 1.29 is 19.0 Å². The number of ether oxygens (including phenoxy) is 3. The lowest BCUT2D eigenvalue weighted by Crippen LogP contribution is -2.31. The minimum absolute atomic E-state index is 0.242. The van der Waals surface area contributed by atoms with Gasteiger partial charge in [0.1, 0.15) is 11.4 Å². The number of carbonyl (C=O) groups excluding carboxylic acids is 1. The van der Waals surface area contributed by atoms with Crippen molar-refractivity contribution in [3.8, 4) is 5.75 Å². The first kappa shape index (κ1) is 24.6. The molecule has 2 heterocycles. The minimum atomic E-state index is -0.513. The highest BCUT2D eigenvalue weighted by atomic mass is 35.5. The summed E-state index contributed by atoms with van der Waals surface area (Å²) in [5.41, 5.74) is 2.07. The fourth-order valence-electron chi connectivity index (χ4n) is 4.09. The van der Waals surface area contributed by atoms with Gasteiger partial charge in [0, 0.05) is 34.4 Å². The Morgan fingerprint density at radius 3 is 2.53 bits per heavy atom. The summed E-state index contributed by atoms with van der Waals surface area (Å²) >= 11 is 12.6. The van der Waals surface area contributed by atoms with E-state index in [0.29, 0.717) is 39.6 Å². The molecule has 7 heteroatoms. The van der Waals surface area contributed by atoms with E-state index in [1.165, 1.54) is 4.90 Å². The maximum absolute atomic E-state index is 13.6. The van der Waals surface area contributed by atoms with Crippen LogP contribution >= 0.6 is 23.2 Å². The lowest BCUT2D eigenvalue weighted by molar-refractivity contribution is -0.113. The Hall–Kier alpha value is -2.47. The molecule has 0 N–H and O–H groups in total. The zero-order valence-electron chi connectivity index (χ0n) is 19.7. The van der Waals surface area contributed by atoms with Crippen molar-refractivity contribution in [1.29, 1.82) is 0 Å². The average molecular weight is 502 g/mol. The van der Waals surface area contributed by atoms with Crippen molar-refractivity contribution in [2.75, 3.05) is 24.7 Å². The van der Waals surface area contributed by atoms with Crippen molar-refractivity contribution >= 4 is 46.4 Å². The quantitative estimate of drug-likeness (QED) is 0.316. The number of fused-ring (bicyclic) bond motifs is 1. The van der Waals surface area contributed by atoms with Crippen LogP contribution in [-0.2, 0) is 14.3 Å². The molecule has 1 fully saturated rings. The number of carbonyl (C=O) groups is 1. The second kappa shape index (κ2) is 10.0. The number of benzene rings is 2. The van der Waals surface area contributed by atoms with Gasteiger partial charge in [-0.1, -0.05) is 29.3 Å². The molecule has 180 valence electrons. The molecule has 2 aromatic rings. The van der Waals surface area contributed by atoms with E-state index in [2.05, 4.69) is 6.58 Å². The van der Waals surface area contributed by atoms with Gasteiger partial charge in [-0.25, -0.2) is 4.90 Å². The highest BCUT2D eigenvalue weighted by Gasteiger charge is 2.36. The second-order valence-electron chi connectivity index (χ2n) is 9.52. The van der Waals surface area contributed by atoms with Crippen LogP contribution in [0.15, 0.2) is 48.9 Å². The highest BCUT2D eigenvalue weighted by Crippen LogP contribution is 2.42. The van der Waals surface area contributed by atoms with Crippen molar-refractivity contribution in [2.24, 2.45) is 5.92 Å². The van der Waals surface area contributed by atoms with E-state index in [4.69, 9.17) is 37.4 Å². The summed E-state index contributed by atoms with van der Waals surface area (Å²) in [5, 5.41) is 1.08. The first-order valence-corrected chi connectivity index (χ1v) is 12.1. The molecule has 0 spiro atoms. The van der Waals surface area contributed by atoms with Crippen LogP contribution in [0, 0.1) is 5.92 Å². The third-order valence-electron chi connectivity index (χ3n) is 5.68. The van der Waals surface area contributed by atoms with Gasteiger partial charge in [-0.3, -0.25) is 4.79 Å². The van der Waals surface area contributed by atoms with Crippen LogP contribution in [0.2, 0.25) is 10.0 Å². The van der Waals surface area contributed by atoms with Gasteiger partial charge >= 0.3 is 0 Å². The van der Waals surface area contributed by atoms with E-state index < -0.39 is 5.60 Å². The van der Waals surface area contributed by atoms with E-state index in [0.717, 1.165) is 37.2 Å². The summed E-state index contributed by atoms with van der Waals surface area (Å²) in [7, 11) is 0. The predicted octanol–water partition coefficient (Wildman–Crippen LogP) is 6.97. The van der Waals surface area contributed by atoms with Crippen LogP contribution in [0.5, 0.6) is 5.75 Å². The maximum atomic E-state index is 13.6. The third-order valence-corrected chi connectivity index (χ3v) is 6.16. The molecule has 5 nitrogen and oxygen atoms in total. The lowest BCUT2D eigenvalue weighted by atomic mass is 10.0. The number of anilines is 1. The van der Waals surface area contributed by atoms with Crippen LogP contribution < -0.4 is 9.64 Å². The van der Waals surface area contributed by atoms with Crippen LogP contribution in [0.4, 0.5) is 5.69 Å². The summed E-state index contributed by atoms with van der Waals surface area (Å²) in [4.78, 5) is 15.1. The average Bonchev–Trinajstić information content (AvgIpc) is 3.03. The summed E-state index contributed by atoms with van der Waals surface area (Å²) in [6.07, 6.45) is 3.76. The molecule has 2 aliphatic rings. The lowest BCUT2D eigenvalue weighted by Gasteiger charge is -2.27. The molecule has 0 unspecified atom stereocenters. The van der Waals surface area contributed by atoms with Gasteiger partial charge < -0.3 is 14.2 Å². The third kappa shape index (κ3) is 5.60. The molecule has 0 aliphatic carbocycles. The first-order valence-electron chi connectivity index (χ1n) is 11.4. The molecule has 0 saturated carbocycles. The number of hydrogen-bond acceptors (Lipinski definition) is 4. The topological polar surface area (TPSA) is 48.0 Å². The van der Waals surface area contributed by atoms with E-state index in [1.807, 2.05) is 39.0 Å². The SMILES string of the molecule is C=C(OC(C)(C)C)N1C(=O)/C(=C\c2cc(Cl)ccc2OCC2CCOCC2)c2ccc(Cl)cc21. The molecule has 2 aromatic carbocycles. The van der Waals surface area contributed by atoms with Crippen LogP contribution in [0.1, 0.15) is 44.7 Å². The van der Waals surface area contributed by atoms with E-state index in [9.17, 15) is 4.79 Å². The largest absolute Gasteiger partial charge is 0.493 e. The molecule has 1 amide bonds. The van der Waals surface area contributed by atoms with Crippen molar-refractivity contribution in [3.05, 3.63) is 70.0 Å². The molecular weight excluding hydrogens is 473 g/mol. The molecule has 1 saturated heterocycles. The van der Waals surface area contributed by atoms with Gasteiger partial charge in [0.15, 0.2) is 5.88 Å². The molecule has 0 radical (unpaired) electrons. The minimum Gasteiger partial charge on any atom is -0.493 e. The Kier molecular flexibility index (Phi) is 7.27. The Labute approximate surface area is 210 Å². The molecule has 0 aromatic heterocycles. The zero-order chi connectivity index (χ0) is 24.5. The number of hydrogen-bond donors (Lipinski definition) is 0. The normalized spacial score (nSPS) is 17.7. The molecule has 34 heavy (non-hydrogen) atoms. The van der Waals surface area contributed by atoms with Crippen LogP contribution in [-0.4, -0.2) is 31.3 Å². The zero-order valence-corrected chi connectivity index (χ0v) is 21.2. The fraction of sp³-hybridized carbons (Fsp3) is 0.370. The number of nitrogens with zero attached hydrogens (tertiary/aromatic N) is 1. The predicted molar refractivity (Wildman–Crippen MR) is 137 cm³/mol. The molecule has 4 rings (SSSR count). The van der Waals surface area contributed by atoms with Gasteiger partial charge in [-0.15, -0.1) is 0 Å². The number of amides is 1. The highest BCUT2D eigenvalue weighted by molar-refractivity contribution is 6.38. The second-order valence-corrected chi connectivity index (χ2v) is 10.4. The van der Waals surface area contributed by atoms with Gasteiger partial charge in [0.2, 0.25) is 0 Å². The van der Waals surface area contributed by atoms with E-state index in [1.54, 1.807) is 24.3 Å². The number of rotatable bonds is 6. The molecule has 0 atom stereocenters. The fourth-order valence-corrected chi connectivity index (χ4v) is 4.44. The van der Waals surface area contributed by atoms with E-state index in [-0.39, 0.29) is 11.8 Å². The Morgan fingerprint density at radius 2 is 1.82 bits per heavy atom. The summed E-state index contributed by atoms with van der Waals surface area (Å²) in [6.45, 7) is 11.8. The summed E-state index contributed by atoms with van der Waals surface area (Å²) < 4.78 is 17.5. The Morgan fingerprint density at radius 1 is 1.15 bits per heavy atom. The standard InChI is InChI=1S/C27H29Cl2NO4/c1-17(34-27(2,3)4)30-24-15-21(29)5-7-22(24)23(26(30)31)14-19-13-20(28)6-8-25(19)33-16-18-9-11-32-12-10-18/h5-8,13-15,18H,1,9-12,16H2,2-4H3/b23-14-. The first-order chi connectivity index (χ1) is 16.1. The van der Waals surface area contributed by atoms with Crippen molar-refractivity contribution in [1.82, 2.24) is 0 Å². The summed E-state index contributed by atoms with van der Waals surface area (Å²) in [5.74, 6) is 1.11. The molecule has 0 bridgehead atoms. The van der Waals surface area contributed by atoms with Crippen LogP contribution in [0.25, 0.3) is 11.6 Å². The Bertz CT molecular complexity index is 1130. The smallest absolute Gasteiger partial charge is 0.265 e. The monoisotopic (exact) mass is 501 g/mol. The van der Waals surface area contributed by atoms with Gasteiger partial charge in [-0.2, -0.15) is 0 Å².